The van der Waals surface area contributed by atoms with E-state index >= 15 is 0 Å². The van der Waals surface area contributed by atoms with Crippen LogP contribution in [0.25, 0.3) is 0 Å². The van der Waals surface area contributed by atoms with Gasteiger partial charge in [0.25, 0.3) is 0 Å². The Morgan fingerprint density at radius 3 is 2.40 bits per heavy atom. The van der Waals surface area contributed by atoms with Crippen LogP contribution in [0.5, 0.6) is 11.5 Å². The fraction of sp³-hybridized carbons (Fsp3) is 0.632. The van der Waals surface area contributed by atoms with Crippen LogP contribution in [0.2, 0.25) is 10.0 Å². The van der Waals surface area contributed by atoms with Crippen molar-refractivity contribution in [3.05, 3.63) is 16.1 Å². The summed E-state index contributed by atoms with van der Waals surface area (Å²) in [6.45, 7) is 6.57. The van der Waals surface area contributed by atoms with Crippen LogP contribution in [0.4, 0.5) is 5.69 Å². The summed E-state index contributed by atoms with van der Waals surface area (Å²) in [6, 6.07) is 1.62. The smallest absolute Gasteiger partial charge is 0.227 e. The number of nitrogens with one attached hydrogen (secondary N) is 1. The predicted octanol–water partition coefficient (Wildman–Crippen LogP) is 5.66. The first-order chi connectivity index (χ1) is 11.8. The van der Waals surface area contributed by atoms with Gasteiger partial charge in [-0.1, -0.05) is 50.4 Å². The highest BCUT2D eigenvalue weighted by atomic mass is 35.5. The van der Waals surface area contributed by atoms with Crippen LogP contribution in [0.3, 0.4) is 0 Å². The normalized spacial score (nSPS) is 23.4. The molecule has 0 aromatic heterocycles. The number of rotatable bonds is 5. The van der Waals surface area contributed by atoms with E-state index in [1.165, 1.54) is 20.6 Å². The van der Waals surface area contributed by atoms with Gasteiger partial charge in [0.1, 0.15) is 5.02 Å². The molecule has 1 aliphatic rings. The van der Waals surface area contributed by atoms with Crippen molar-refractivity contribution in [1.29, 1.82) is 0 Å². The lowest BCUT2D eigenvalue weighted by molar-refractivity contribution is -0.124. The Labute approximate surface area is 160 Å². The molecule has 140 valence electrons. The molecule has 1 N–H and O–H groups in total. The third-order valence-electron chi connectivity index (χ3n) is 5.16. The minimum atomic E-state index is -0.0203. The van der Waals surface area contributed by atoms with Crippen LogP contribution in [-0.4, -0.2) is 20.1 Å². The highest BCUT2D eigenvalue weighted by molar-refractivity contribution is 6.39. The van der Waals surface area contributed by atoms with Crippen molar-refractivity contribution in [3.63, 3.8) is 0 Å². The van der Waals surface area contributed by atoms with E-state index < -0.39 is 0 Å². The highest BCUT2D eigenvalue weighted by Gasteiger charge is 2.36. The number of carbonyl (C=O) groups is 1. The van der Waals surface area contributed by atoms with Gasteiger partial charge in [0.15, 0.2) is 11.5 Å². The first-order valence-corrected chi connectivity index (χ1v) is 9.46. The molecule has 4 nitrogen and oxygen atoms in total. The first kappa shape index (κ1) is 20.2. The molecule has 1 aromatic carbocycles. The largest absolute Gasteiger partial charge is 0.493 e. The highest BCUT2D eigenvalue weighted by Crippen LogP contribution is 2.45. The van der Waals surface area contributed by atoms with Crippen LogP contribution in [0.1, 0.15) is 40.0 Å². The lowest BCUT2D eigenvalue weighted by Gasteiger charge is -2.36. The topological polar surface area (TPSA) is 47.6 Å². The standard InChI is InChI=1S/C19H27Cl2NO3/c1-10(2)12-7-6-11(3)8-13(12)19(23)22-15-9-14(20)17(24-4)16(21)18(15)25-5/h9-13H,6-8H2,1-5H3,(H,22,23). The second-order valence-electron chi connectivity index (χ2n) is 7.21. The van der Waals surface area contributed by atoms with Crippen molar-refractivity contribution in [2.75, 3.05) is 19.5 Å². The molecule has 25 heavy (non-hydrogen) atoms. The second kappa shape index (κ2) is 8.50. The molecule has 1 aliphatic carbocycles. The molecule has 0 heterocycles. The Balaban J connectivity index is 2.30. The van der Waals surface area contributed by atoms with Crippen LogP contribution < -0.4 is 14.8 Å². The summed E-state index contributed by atoms with van der Waals surface area (Å²) < 4.78 is 10.6. The Kier molecular flexibility index (Phi) is 6.86. The lowest BCUT2D eigenvalue weighted by Crippen LogP contribution is -2.36. The van der Waals surface area contributed by atoms with Crippen molar-refractivity contribution >= 4 is 34.8 Å². The Morgan fingerprint density at radius 2 is 1.84 bits per heavy atom. The van der Waals surface area contributed by atoms with Crippen molar-refractivity contribution in [3.8, 4) is 11.5 Å². The summed E-state index contributed by atoms with van der Waals surface area (Å²) in [5.74, 6) is 2.08. The molecule has 0 radical (unpaired) electrons. The van der Waals surface area contributed by atoms with Crippen molar-refractivity contribution < 1.29 is 14.3 Å². The predicted molar refractivity (Wildman–Crippen MR) is 103 cm³/mol. The molecule has 1 fully saturated rings. The maximum absolute atomic E-state index is 13.0. The Morgan fingerprint density at radius 1 is 1.20 bits per heavy atom. The van der Waals surface area contributed by atoms with E-state index in [0.29, 0.717) is 40.0 Å². The van der Waals surface area contributed by atoms with Gasteiger partial charge in [-0.25, -0.2) is 0 Å². The number of ether oxygens (including phenoxy) is 2. The molecule has 1 saturated carbocycles. The lowest BCUT2D eigenvalue weighted by atomic mass is 9.70. The number of benzene rings is 1. The third-order valence-corrected chi connectivity index (χ3v) is 5.78. The minimum Gasteiger partial charge on any atom is -0.493 e. The third kappa shape index (κ3) is 4.35. The maximum Gasteiger partial charge on any atom is 0.227 e. The molecule has 2 rings (SSSR count). The molecule has 1 amide bonds. The number of hydrogen-bond donors (Lipinski definition) is 1. The molecule has 3 atom stereocenters. The van der Waals surface area contributed by atoms with Gasteiger partial charge < -0.3 is 14.8 Å². The van der Waals surface area contributed by atoms with Gasteiger partial charge in [-0.2, -0.15) is 0 Å². The van der Waals surface area contributed by atoms with E-state index in [1.54, 1.807) is 6.07 Å². The summed E-state index contributed by atoms with van der Waals surface area (Å²) >= 11 is 12.5. The van der Waals surface area contributed by atoms with E-state index in [1.807, 2.05) is 0 Å². The summed E-state index contributed by atoms with van der Waals surface area (Å²) in [5, 5.41) is 3.57. The van der Waals surface area contributed by atoms with Crippen LogP contribution in [0.15, 0.2) is 6.07 Å². The molecule has 3 unspecified atom stereocenters. The average Bonchev–Trinajstić information content (AvgIpc) is 2.54. The van der Waals surface area contributed by atoms with Crippen molar-refractivity contribution in [2.24, 2.45) is 23.7 Å². The number of hydrogen-bond acceptors (Lipinski definition) is 3. The number of methoxy groups -OCH3 is 2. The van der Waals surface area contributed by atoms with Gasteiger partial charge in [-0.3, -0.25) is 4.79 Å². The molecule has 6 heteroatoms. The number of carbonyl (C=O) groups excluding carboxylic acids is 1. The van der Waals surface area contributed by atoms with Crippen LogP contribution in [-0.2, 0) is 4.79 Å². The number of halogens is 2. The van der Waals surface area contributed by atoms with Crippen molar-refractivity contribution in [1.82, 2.24) is 0 Å². The molecule has 0 saturated heterocycles. The zero-order valence-corrected chi connectivity index (χ0v) is 17.0. The van der Waals surface area contributed by atoms with Crippen LogP contribution in [0, 0.1) is 23.7 Å². The van der Waals surface area contributed by atoms with E-state index in [9.17, 15) is 4.79 Å². The van der Waals surface area contributed by atoms with Crippen LogP contribution >= 0.6 is 23.2 Å². The zero-order chi connectivity index (χ0) is 18.7. The summed E-state index contributed by atoms with van der Waals surface area (Å²) in [7, 11) is 2.99. The average molecular weight is 388 g/mol. The molecule has 0 bridgehead atoms. The molecular weight excluding hydrogens is 361 g/mol. The van der Waals surface area contributed by atoms with Gasteiger partial charge in [0.2, 0.25) is 5.91 Å². The van der Waals surface area contributed by atoms with E-state index in [0.717, 1.165) is 12.8 Å². The van der Waals surface area contributed by atoms with Gasteiger partial charge in [0.05, 0.1) is 24.9 Å². The first-order valence-electron chi connectivity index (χ1n) is 8.70. The quantitative estimate of drug-likeness (QED) is 0.708. The Hall–Kier alpha value is -1.13. The summed E-state index contributed by atoms with van der Waals surface area (Å²) in [5.41, 5.74) is 0.476. The molecule has 0 spiro atoms. The molecule has 0 aliphatic heterocycles. The van der Waals surface area contributed by atoms with E-state index in [2.05, 4.69) is 26.1 Å². The number of anilines is 1. The summed E-state index contributed by atoms with van der Waals surface area (Å²) in [4.78, 5) is 13.0. The fourth-order valence-electron chi connectivity index (χ4n) is 3.79. The summed E-state index contributed by atoms with van der Waals surface area (Å²) in [6.07, 6.45) is 3.16. The molecule has 1 aromatic rings. The van der Waals surface area contributed by atoms with Gasteiger partial charge >= 0.3 is 0 Å². The van der Waals surface area contributed by atoms with E-state index in [-0.39, 0.29) is 16.8 Å². The monoisotopic (exact) mass is 387 g/mol. The minimum absolute atomic E-state index is 0.000787. The number of amides is 1. The maximum atomic E-state index is 13.0. The zero-order valence-electron chi connectivity index (χ0n) is 15.5. The SMILES string of the molecule is COc1c(Cl)cc(NC(=O)C2CC(C)CCC2C(C)C)c(OC)c1Cl. The molecular formula is C19H27Cl2NO3. The van der Waals surface area contributed by atoms with Crippen molar-refractivity contribution in [2.45, 2.75) is 40.0 Å². The van der Waals surface area contributed by atoms with Gasteiger partial charge in [0, 0.05) is 5.92 Å². The fourth-order valence-corrected chi connectivity index (χ4v) is 4.48. The van der Waals surface area contributed by atoms with E-state index in [4.69, 9.17) is 32.7 Å². The Bertz CT molecular complexity index is 634. The van der Waals surface area contributed by atoms with Gasteiger partial charge in [-0.15, -0.1) is 0 Å². The second-order valence-corrected chi connectivity index (χ2v) is 7.99. The van der Waals surface area contributed by atoms with Gasteiger partial charge in [-0.05, 0) is 36.7 Å².